The summed E-state index contributed by atoms with van der Waals surface area (Å²) >= 11 is 5.91. The molecule has 0 aliphatic carbocycles. The number of carbonyl (C=O) groups is 5. The molecular formula is C32H37ClFN5O13. The molecular weight excluding hydrogens is 717 g/mol. The van der Waals surface area contributed by atoms with E-state index in [4.69, 9.17) is 51.7 Å². The summed E-state index contributed by atoms with van der Waals surface area (Å²) in [5, 5.41) is 55.0. The highest BCUT2D eigenvalue weighted by molar-refractivity contribution is 6.31. The molecule has 2 aromatic carbocycles. The molecule has 4 rings (SSSR count). The Morgan fingerprint density at radius 2 is 1.65 bits per heavy atom. The highest BCUT2D eigenvalue weighted by Gasteiger charge is 2.21. The Kier molecular flexibility index (Phi) is 17.3. The van der Waals surface area contributed by atoms with Crippen LogP contribution in [0.2, 0.25) is 5.02 Å². The van der Waals surface area contributed by atoms with Gasteiger partial charge >= 0.3 is 23.9 Å². The predicted molar refractivity (Wildman–Crippen MR) is 182 cm³/mol. The van der Waals surface area contributed by atoms with Crippen LogP contribution in [0.3, 0.4) is 0 Å². The number of carboxylic acids is 4. The van der Waals surface area contributed by atoms with Gasteiger partial charge in [0.05, 0.1) is 42.3 Å². The van der Waals surface area contributed by atoms with E-state index >= 15 is 0 Å². The van der Waals surface area contributed by atoms with Gasteiger partial charge in [-0.2, -0.15) is 0 Å². The molecule has 2 unspecified atom stereocenters. The topological polar surface area (TPSA) is 278 Å². The van der Waals surface area contributed by atoms with E-state index in [2.05, 4.69) is 20.6 Å². The lowest BCUT2D eigenvalue weighted by Crippen LogP contribution is -2.22. The predicted octanol–water partition coefficient (Wildman–Crippen LogP) is 2.20. The minimum atomic E-state index is -1.79. The smallest absolute Gasteiger partial charge is 0.333 e. The summed E-state index contributed by atoms with van der Waals surface area (Å²) in [4.78, 5) is 62.0. The Morgan fingerprint density at radius 3 is 2.15 bits per heavy atom. The number of aliphatic hydroxyl groups excluding tert-OH is 2. The van der Waals surface area contributed by atoms with E-state index in [1.165, 1.54) is 24.5 Å². The average Bonchev–Trinajstić information content (AvgIpc) is 3.56. The van der Waals surface area contributed by atoms with Crippen LogP contribution in [0.1, 0.15) is 19.3 Å². The van der Waals surface area contributed by atoms with Crippen molar-refractivity contribution in [3.8, 4) is 5.75 Å². The van der Waals surface area contributed by atoms with Crippen LogP contribution in [0.4, 0.5) is 21.6 Å². The molecule has 1 saturated heterocycles. The number of carboxylic acid groups (broad SMARTS) is 4. The molecule has 1 amide bonds. The van der Waals surface area contributed by atoms with Crippen molar-refractivity contribution in [2.75, 3.05) is 44.5 Å². The Morgan fingerprint density at radius 1 is 1.02 bits per heavy atom. The minimum Gasteiger partial charge on any atom is -0.486 e. The van der Waals surface area contributed by atoms with E-state index in [9.17, 15) is 28.4 Å². The lowest BCUT2D eigenvalue weighted by Gasteiger charge is -2.17. The number of halogens is 2. The summed E-state index contributed by atoms with van der Waals surface area (Å²) < 4.78 is 25.1. The molecule has 1 fully saturated rings. The molecule has 0 bridgehead atoms. The fraction of sp³-hybridized carbons (Fsp3) is 0.344. The monoisotopic (exact) mass is 753 g/mol. The molecule has 1 aromatic heterocycles. The normalized spacial score (nSPS) is 14.7. The van der Waals surface area contributed by atoms with Crippen molar-refractivity contribution in [1.29, 1.82) is 0 Å². The van der Waals surface area contributed by atoms with Gasteiger partial charge in [-0.25, -0.2) is 23.9 Å². The van der Waals surface area contributed by atoms with E-state index < -0.39 is 54.7 Å². The number of carbonyl (C=O) groups excluding carboxylic acids is 1. The number of aromatic nitrogens is 2. The summed E-state index contributed by atoms with van der Waals surface area (Å²) in [6, 6.07) is 7.82. The second-order valence-corrected chi connectivity index (χ2v) is 11.4. The van der Waals surface area contributed by atoms with Crippen LogP contribution < -0.4 is 15.4 Å². The van der Waals surface area contributed by atoms with Gasteiger partial charge in [0.1, 0.15) is 29.8 Å². The Labute approximate surface area is 300 Å². The number of hydrogen-bond donors (Lipinski definition) is 8. The molecule has 282 valence electrons. The van der Waals surface area contributed by atoms with E-state index in [1.54, 1.807) is 24.3 Å². The highest BCUT2D eigenvalue weighted by atomic mass is 35.5. The second kappa shape index (κ2) is 21.0. The van der Waals surface area contributed by atoms with Crippen molar-refractivity contribution in [1.82, 2.24) is 14.9 Å². The molecule has 3 atom stereocenters. The maximum absolute atomic E-state index is 13.6. The SMILES string of the molecule is CN(C)C/C=C/C(=O)Nc1cc2c(Nc3ccc(F)c(Cl)c3)ncnc2cc1O[C@H]1CCOC1.O=C(O)CC(O)C(=O)O.O=C(O)CC(O)C(=O)O. The average molecular weight is 754 g/mol. The molecule has 0 saturated carbocycles. The van der Waals surface area contributed by atoms with Gasteiger partial charge in [0.2, 0.25) is 5.91 Å². The first-order valence-corrected chi connectivity index (χ1v) is 15.5. The van der Waals surface area contributed by atoms with E-state index in [0.717, 1.165) is 6.42 Å². The van der Waals surface area contributed by atoms with Gasteiger partial charge in [0.15, 0.2) is 12.2 Å². The van der Waals surface area contributed by atoms with Crippen LogP contribution in [-0.4, -0.2) is 127 Å². The number of anilines is 3. The summed E-state index contributed by atoms with van der Waals surface area (Å²) in [5.41, 5.74) is 1.65. The zero-order chi connectivity index (χ0) is 39.0. The van der Waals surface area contributed by atoms with Crippen LogP contribution >= 0.6 is 11.6 Å². The van der Waals surface area contributed by atoms with Crippen LogP contribution in [0, 0.1) is 5.82 Å². The first-order valence-electron chi connectivity index (χ1n) is 15.1. The molecule has 0 radical (unpaired) electrons. The van der Waals surface area contributed by atoms with Gasteiger partial charge in [-0.05, 0) is 38.4 Å². The van der Waals surface area contributed by atoms with Gasteiger partial charge < -0.3 is 55.6 Å². The third kappa shape index (κ3) is 15.2. The largest absolute Gasteiger partial charge is 0.486 e. The maximum atomic E-state index is 13.6. The number of aliphatic hydroxyl groups is 2. The third-order valence-corrected chi connectivity index (χ3v) is 6.69. The van der Waals surface area contributed by atoms with E-state index in [-0.39, 0.29) is 17.0 Å². The van der Waals surface area contributed by atoms with Crippen molar-refractivity contribution >= 4 is 69.5 Å². The summed E-state index contributed by atoms with van der Waals surface area (Å²) in [5.74, 6) is -5.52. The number of fused-ring (bicyclic) bond motifs is 1. The number of rotatable bonds is 14. The Balaban J connectivity index is 0.000000429. The zero-order valence-electron chi connectivity index (χ0n) is 27.7. The number of aliphatic carboxylic acids is 4. The zero-order valence-corrected chi connectivity index (χ0v) is 28.5. The number of amides is 1. The Hall–Kier alpha value is -5.47. The van der Waals surface area contributed by atoms with Crippen LogP contribution in [-0.2, 0) is 28.7 Å². The van der Waals surface area contributed by atoms with Gasteiger partial charge in [-0.3, -0.25) is 14.4 Å². The van der Waals surface area contributed by atoms with Crippen LogP contribution in [0.15, 0.2) is 48.8 Å². The molecule has 1 aliphatic heterocycles. The molecule has 8 N–H and O–H groups in total. The number of ether oxygens (including phenoxy) is 2. The molecule has 20 heteroatoms. The highest BCUT2D eigenvalue weighted by Crippen LogP contribution is 2.35. The lowest BCUT2D eigenvalue weighted by atomic mass is 10.1. The first kappa shape index (κ1) is 42.7. The molecule has 52 heavy (non-hydrogen) atoms. The second-order valence-electron chi connectivity index (χ2n) is 11.0. The van der Waals surface area contributed by atoms with Crippen molar-refractivity contribution in [2.45, 2.75) is 37.6 Å². The summed E-state index contributed by atoms with van der Waals surface area (Å²) in [7, 11) is 3.84. The van der Waals surface area contributed by atoms with Crippen LogP contribution in [0.5, 0.6) is 5.75 Å². The fourth-order valence-electron chi connectivity index (χ4n) is 3.93. The number of likely N-dealkylation sites (N-methyl/N-ethyl adjacent to an activating group) is 1. The molecule has 2 heterocycles. The quantitative estimate of drug-likeness (QED) is 0.110. The molecule has 0 spiro atoms. The number of hydrogen-bond acceptors (Lipinski definition) is 13. The van der Waals surface area contributed by atoms with Crippen molar-refractivity contribution in [3.63, 3.8) is 0 Å². The number of nitrogens with one attached hydrogen (secondary N) is 2. The molecule has 1 aliphatic rings. The van der Waals surface area contributed by atoms with E-state index in [1.807, 2.05) is 19.0 Å². The summed E-state index contributed by atoms with van der Waals surface area (Å²) in [6.07, 6.45) is 0.230. The van der Waals surface area contributed by atoms with Gasteiger partial charge in [-0.1, -0.05) is 17.7 Å². The lowest BCUT2D eigenvalue weighted by molar-refractivity contribution is -0.153. The standard InChI is InChI=1S/C24H25ClFN5O3.2C4H6O5/c1-31(2)8-3-4-23(32)30-21-11-17-20(12-22(21)34-16-7-9-33-13-16)27-14-28-24(17)29-15-5-6-19(26)18(25)10-15;2*5-2(4(8)9)1-3(6)7/h3-6,10-12,14,16H,7-9,13H2,1-2H3,(H,30,32)(H,27,28,29);2*2,5H,1H2,(H,6,7)(H,8,9)/b4-3+;;/t16-;;/m0../s1. The number of nitrogens with zero attached hydrogens (tertiary/aromatic N) is 3. The molecule has 3 aromatic rings. The van der Waals surface area contributed by atoms with Gasteiger partial charge in [-0.15, -0.1) is 0 Å². The van der Waals surface area contributed by atoms with Gasteiger partial charge in [0, 0.05) is 36.2 Å². The van der Waals surface area contributed by atoms with Crippen molar-refractivity contribution in [3.05, 3.63) is 59.7 Å². The van der Waals surface area contributed by atoms with Gasteiger partial charge in [0.25, 0.3) is 0 Å². The van der Waals surface area contributed by atoms with E-state index in [0.29, 0.717) is 53.6 Å². The third-order valence-electron chi connectivity index (χ3n) is 6.40. The Bertz CT molecular complexity index is 1720. The minimum absolute atomic E-state index is 0.00436. The molecule has 18 nitrogen and oxygen atoms in total. The number of benzene rings is 2. The van der Waals surface area contributed by atoms with Crippen LogP contribution in [0.25, 0.3) is 10.9 Å². The maximum Gasteiger partial charge on any atom is 0.333 e. The fourth-order valence-corrected chi connectivity index (χ4v) is 4.11. The first-order chi connectivity index (χ1) is 24.5. The summed E-state index contributed by atoms with van der Waals surface area (Å²) in [6.45, 7) is 1.75. The van der Waals surface area contributed by atoms with Crippen molar-refractivity contribution < 1.29 is 68.5 Å². The van der Waals surface area contributed by atoms with Crippen molar-refractivity contribution in [2.24, 2.45) is 0 Å².